The van der Waals surface area contributed by atoms with E-state index >= 15 is 0 Å². The number of carbonyl (C=O) groups excluding carboxylic acids is 1. The Morgan fingerprint density at radius 2 is 2.67 bits per heavy atom. The predicted molar refractivity (Wildman–Crippen MR) is 28.3 cm³/mol. The minimum atomic E-state index is -0.332. The van der Waals surface area contributed by atoms with Gasteiger partial charge in [-0.15, -0.1) is 0 Å². The van der Waals surface area contributed by atoms with Crippen LogP contribution >= 0.6 is 0 Å². The van der Waals surface area contributed by atoms with Gasteiger partial charge in [0.25, 0.3) is 0 Å². The van der Waals surface area contributed by atoms with E-state index in [0.717, 1.165) is 6.08 Å². The van der Waals surface area contributed by atoms with Crippen LogP contribution in [0, 0.1) is 0 Å². The average Bonchev–Trinajstić information content (AvgIpc) is 1.65. The van der Waals surface area contributed by atoms with Gasteiger partial charge in [0.15, 0.2) is 0 Å². The summed E-state index contributed by atoms with van der Waals surface area (Å²) in [7, 11) is 0.462. The van der Waals surface area contributed by atoms with Crippen molar-refractivity contribution in [2.24, 2.45) is 0 Å². The van der Waals surface area contributed by atoms with Crippen molar-refractivity contribution in [1.29, 1.82) is 0 Å². The minimum absolute atomic E-state index is 0. The maximum absolute atomic E-state index is 9.88. The first-order valence-corrected chi connectivity index (χ1v) is 2.33. The summed E-state index contributed by atoms with van der Waals surface area (Å²) in [4.78, 5) is 9.88. The molecule has 0 N–H and O–H groups in total. The van der Waals surface area contributed by atoms with Crippen molar-refractivity contribution in [3.63, 3.8) is 0 Å². The lowest BCUT2D eigenvalue weighted by atomic mass is 10.7. The molecular formula is C3H8O2Si. The molecule has 0 aliphatic rings. The Morgan fingerprint density at radius 3 is 2.67 bits per heavy atom. The lowest BCUT2D eigenvalue weighted by Gasteiger charge is -1.84. The Hall–Kier alpha value is -0.573. The molecule has 0 spiro atoms. The molecule has 0 aliphatic heterocycles. The lowest BCUT2D eigenvalue weighted by molar-refractivity contribution is -0.128. The van der Waals surface area contributed by atoms with Gasteiger partial charge >= 0.3 is 5.97 Å². The summed E-state index contributed by atoms with van der Waals surface area (Å²) in [6, 6.07) is 0. The normalized spacial score (nSPS) is 7.33. The summed E-state index contributed by atoms with van der Waals surface area (Å²) >= 11 is 0. The van der Waals surface area contributed by atoms with Gasteiger partial charge in [0.2, 0.25) is 10.5 Å². The van der Waals surface area contributed by atoms with Crippen molar-refractivity contribution in [2.45, 2.75) is 0 Å². The fraction of sp³-hybridized carbons (Fsp3) is 0. The van der Waals surface area contributed by atoms with Crippen LogP contribution in [0.15, 0.2) is 12.7 Å². The van der Waals surface area contributed by atoms with E-state index in [4.69, 9.17) is 0 Å². The second-order valence-corrected chi connectivity index (χ2v) is 1.14. The van der Waals surface area contributed by atoms with Crippen LogP contribution < -0.4 is 0 Å². The molecule has 36 valence electrons. The highest BCUT2D eigenvalue weighted by Crippen LogP contribution is 1.66. The van der Waals surface area contributed by atoms with E-state index in [0.29, 0.717) is 10.5 Å². The van der Waals surface area contributed by atoms with Crippen LogP contribution in [0.1, 0.15) is 1.43 Å². The zero-order valence-electron chi connectivity index (χ0n) is 3.60. The highest BCUT2D eigenvalue weighted by atomic mass is 28.2. The maximum atomic E-state index is 9.88. The third-order valence-electron chi connectivity index (χ3n) is 0.368. The molecule has 6 heavy (non-hydrogen) atoms. The summed E-state index contributed by atoms with van der Waals surface area (Å²) in [5.41, 5.74) is 0. The van der Waals surface area contributed by atoms with E-state index in [2.05, 4.69) is 11.0 Å². The summed E-state index contributed by atoms with van der Waals surface area (Å²) in [6.45, 7) is 3.18. The molecule has 0 amide bonds. The van der Waals surface area contributed by atoms with Gasteiger partial charge in [-0.2, -0.15) is 0 Å². The van der Waals surface area contributed by atoms with Gasteiger partial charge < -0.3 is 4.43 Å². The molecule has 0 fully saturated rings. The lowest BCUT2D eigenvalue weighted by Crippen LogP contribution is -1.93. The van der Waals surface area contributed by atoms with E-state index < -0.39 is 0 Å². The molecule has 0 bridgehead atoms. The van der Waals surface area contributed by atoms with Gasteiger partial charge in [-0.3, -0.25) is 0 Å². The van der Waals surface area contributed by atoms with Gasteiger partial charge in [0.1, 0.15) is 0 Å². The summed E-state index contributed by atoms with van der Waals surface area (Å²) in [5, 5.41) is 0. The molecule has 0 unspecified atom stereocenters. The average molecular weight is 104 g/mol. The second kappa shape index (κ2) is 2.65. The van der Waals surface area contributed by atoms with E-state index in [1.54, 1.807) is 0 Å². The van der Waals surface area contributed by atoms with Crippen molar-refractivity contribution in [3.8, 4) is 0 Å². The molecule has 0 atom stereocenters. The smallest absolute Gasteiger partial charge is 0.316 e. The molecule has 0 aliphatic carbocycles. The molecular weight excluding hydrogens is 96.1 g/mol. The first kappa shape index (κ1) is 5.43. The third kappa shape index (κ3) is 1.72. The van der Waals surface area contributed by atoms with Gasteiger partial charge in [0, 0.05) is 7.50 Å². The predicted octanol–water partition coefficient (Wildman–Crippen LogP) is -0.758. The zero-order valence-corrected chi connectivity index (χ0v) is 5.60. The molecule has 0 radical (unpaired) electrons. The highest BCUT2D eigenvalue weighted by molar-refractivity contribution is 6.07. The Balaban J connectivity index is 0. The van der Waals surface area contributed by atoms with Crippen LogP contribution in [0.4, 0.5) is 0 Å². The highest BCUT2D eigenvalue weighted by Gasteiger charge is 1.81. The van der Waals surface area contributed by atoms with Crippen molar-refractivity contribution in [2.75, 3.05) is 0 Å². The van der Waals surface area contributed by atoms with Gasteiger partial charge in [-0.1, -0.05) is 6.58 Å². The Kier molecular flexibility index (Phi) is 2.40. The van der Waals surface area contributed by atoms with Gasteiger partial charge in [-0.25, -0.2) is 4.79 Å². The molecule has 0 heterocycles. The van der Waals surface area contributed by atoms with Crippen LogP contribution in [0.3, 0.4) is 0 Å². The SMILES string of the molecule is C=CC(=O)O[SiH3].[HH]. The fourth-order valence-corrected chi connectivity index (χ4v) is 0.250. The van der Waals surface area contributed by atoms with Crippen LogP contribution in [-0.2, 0) is 9.22 Å². The fourth-order valence-electron chi connectivity index (χ4n) is 0.0833. The quantitative estimate of drug-likeness (QED) is 0.323. The molecule has 0 aromatic rings. The number of hydrogen-bond acceptors (Lipinski definition) is 2. The number of hydrogen-bond donors (Lipinski definition) is 0. The van der Waals surface area contributed by atoms with Gasteiger partial charge in [-0.05, 0) is 0 Å². The van der Waals surface area contributed by atoms with Crippen molar-refractivity contribution in [1.82, 2.24) is 0 Å². The first-order chi connectivity index (χ1) is 2.81. The molecule has 0 aromatic carbocycles. The van der Waals surface area contributed by atoms with Crippen LogP contribution in [0.5, 0.6) is 0 Å². The molecule has 3 heteroatoms. The summed E-state index contributed by atoms with van der Waals surface area (Å²) < 4.78 is 4.28. The first-order valence-electron chi connectivity index (χ1n) is 1.51. The van der Waals surface area contributed by atoms with Crippen molar-refractivity contribution < 1.29 is 10.6 Å². The largest absolute Gasteiger partial charge is 0.526 e. The number of carbonyl (C=O) groups is 1. The summed E-state index contributed by atoms with van der Waals surface area (Å²) in [6.07, 6.45) is 1.15. The Bertz CT molecular complexity index is 73.3. The van der Waals surface area contributed by atoms with E-state index in [1.807, 2.05) is 0 Å². The minimum Gasteiger partial charge on any atom is -0.526 e. The molecule has 2 nitrogen and oxygen atoms in total. The van der Waals surface area contributed by atoms with Gasteiger partial charge in [0.05, 0.1) is 0 Å². The molecule has 0 rings (SSSR count). The maximum Gasteiger partial charge on any atom is 0.316 e. The Labute approximate surface area is 40.8 Å². The van der Waals surface area contributed by atoms with Crippen LogP contribution in [0.2, 0.25) is 0 Å². The zero-order chi connectivity index (χ0) is 4.99. The van der Waals surface area contributed by atoms with Crippen LogP contribution in [-0.4, -0.2) is 16.5 Å². The monoisotopic (exact) mass is 104 g/mol. The molecule has 0 saturated carbocycles. The topological polar surface area (TPSA) is 26.3 Å². The van der Waals surface area contributed by atoms with E-state index in [-0.39, 0.29) is 7.40 Å². The second-order valence-electron chi connectivity index (χ2n) is 0.727. The summed E-state index contributed by atoms with van der Waals surface area (Å²) in [5.74, 6) is -0.332. The van der Waals surface area contributed by atoms with E-state index in [1.165, 1.54) is 0 Å². The standard InChI is InChI=1S/C3H6O2Si.H2/c1-2-3(4)5-6;/h2H,1H2,6H3;1H. The van der Waals surface area contributed by atoms with Crippen molar-refractivity contribution in [3.05, 3.63) is 12.7 Å². The molecule has 0 saturated heterocycles. The van der Waals surface area contributed by atoms with Crippen LogP contribution in [0.25, 0.3) is 0 Å². The number of rotatable bonds is 1. The van der Waals surface area contributed by atoms with E-state index in [9.17, 15) is 4.79 Å². The van der Waals surface area contributed by atoms with Crippen molar-refractivity contribution >= 4 is 16.5 Å². The Morgan fingerprint density at radius 1 is 2.17 bits per heavy atom. The third-order valence-corrected chi connectivity index (χ3v) is 0.770. The molecule has 0 aromatic heterocycles.